The van der Waals surface area contributed by atoms with Crippen LogP contribution in [-0.4, -0.2) is 21.1 Å². The fourth-order valence-corrected chi connectivity index (χ4v) is 3.23. The van der Waals surface area contributed by atoms with Gasteiger partial charge in [-0.2, -0.15) is 0 Å². The molecule has 0 atom stereocenters. The highest BCUT2D eigenvalue weighted by atomic mass is 79.9. The number of benzene rings is 1. The zero-order valence-corrected chi connectivity index (χ0v) is 13.3. The Morgan fingerprint density at radius 2 is 2.25 bits per heavy atom. The maximum Gasteiger partial charge on any atom is 0.183 e. The predicted octanol–water partition coefficient (Wildman–Crippen LogP) is 4.15. The third kappa shape index (κ3) is 3.37. The number of fused-ring (bicyclic) bond motifs is 1. The molecule has 0 bridgehead atoms. The van der Waals surface area contributed by atoms with Crippen LogP contribution in [0, 0.1) is 0 Å². The Hall–Kier alpha value is -1.40. The first kappa shape index (κ1) is 13.6. The molecule has 3 aromatic rings. The molecule has 0 aliphatic rings. The van der Waals surface area contributed by atoms with E-state index in [1.165, 1.54) is 4.70 Å². The average Bonchev–Trinajstić information content (AvgIpc) is 3.06. The van der Waals surface area contributed by atoms with Crippen LogP contribution in [0.3, 0.4) is 0 Å². The van der Waals surface area contributed by atoms with Crippen molar-refractivity contribution in [1.82, 2.24) is 14.5 Å². The minimum Gasteiger partial charge on any atom is -0.361 e. The third-order valence-electron chi connectivity index (χ3n) is 3.03. The Labute approximate surface area is 130 Å². The van der Waals surface area contributed by atoms with Crippen LogP contribution < -0.4 is 5.32 Å². The number of halogens is 1. The van der Waals surface area contributed by atoms with Crippen molar-refractivity contribution in [3.63, 3.8) is 0 Å². The van der Waals surface area contributed by atoms with Gasteiger partial charge in [-0.25, -0.2) is 9.97 Å². The number of thiazole rings is 1. The van der Waals surface area contributed by atoms with Crippen molar-refractivity contribution in [1.29, 1.82) is 0 Å². The van der Waals surface area contributed by atoms with Crippen LogP contribution in [0.25, 0.3) is 10.2 Å². The molecule has 1 N–H and O–H groups in total. The van der Waals surface area contributed by atoms with Gasteiger partial charge in [0.15, 0.2) is 5.13 Å². The van der Waals surface area contributed by atoms with E-state index in [-0.39, 0.29) is 0 Å². The first-order chi connectivity index (χ1) is 9.81. The van der Waals surface area contributed by atoms with Gasteiger partial charge < -0.3 is 9.88 Å². The lowest BCUT2D eigenvalue weighted by atomic mass is 10.3. The fraction of sp³-hybridized carbons (Fsp3) is 0.286. The van der Waals surface area contributed by atoms with Crippen LogP contribution in [0.15, 0.2) is 41.4 Å². The second-order valence-corrected chi connectivity index (χ2v) is 6.51. The van der Waals surface area contributed by atoms with Gasteiger partial charge in [-0.1, -0.05) is 27.3 Å². The van der Waals surface area contributed by atoms with Crippen molar-refractivity contribution < 1.29 is 0 Å². The Kier molecular flexibility index (Phi) is 4.32. The van der Waals surface area contributed by atoms with Crippen LogP contribution in [-0.2, 0) is 6.54 Å². The molecule has 1 aromatic carbocycles. The van der Waals surface area contributed by atoms with E-state index in [4.69, 9.17) is 0 Å². The van der Waals surface area contributed by atoms with Crippen molar-refractivity contribution in [3.05, 3.63) is 41.4 Å². The smallest absolute Gasteiger partial charge is 0.183 e. The summed E-state index contributed by atoms with van der Waals surface area (Å²) in [4.78, 5) is 8.62. The SMILES string of the molecule is Brc1ccc2sc(NCCCCn3ccnc3)nc2c1. The van der Waals surface area contributed by atoms with E-state index in [0.717, 1.165) is 41.1 Å². The molecule has 2 heterocycles. The van der Waals surface area contributed by atoms with Crippen molar-refractivity contribution >= 4 is 42.6 Å². The maximum atomic E-state index is 4.58. The fourth-order valence-electron chi connectivity index (χ4n) is 2.01. The summed E-state index contributed by atoms with van der Waals surface area (Å²) in [5, 5.41) is 4.40. The van der Waals surface area contributed by atoms with Crippen LogP contribution >= 0.6 is 27.3 Å². The van der Waals surface area contributed by atoms with Crippen molar-refractivity contribution in [2.45, 2.75) is 19.4 Å². The van der Waals surface area contributed by atoms with E-state index in [0.29, 0.717) is 0 Å². The minimum absolute atomic E-state index is 0.954. The number of nitrogens with one attached hydrogen (secondary N) is 1. The lowest BCUT2D eigenvalue weighted by molar-refractivity contribution is 0.621. The number of hydrogen-bond acceptors (Lipinski definition) is 4. The number of hydrogen-bond donors (Lipinski definition) is 1. The molecule has 3 rings (SSSR count). The molecule has 20 heavy (non-hydrogen) atoms. The monoisotopic (exact) mass is 350 g/mol. The largest absolute Gasteiger partial charge is 0.361 e. The summed E-state index contributed by atoms with van der Waals surface area (Å²) in [5.41, 5.74) is 1.05. The number of anilines is 1. The van der Waals surface area contributed by atoms with Gasteiger partial charge >= 0.3 is 0 Å². The number of unbranched alkanes of at least 4 members (excludes halogenated alkanes) is 1. The molecular formula is C14H15BrN4S. The van der Waals surface area contributed by atoms with E-state index in [1.54, 1.807) is 11.3 Å². The molecule has 0 amide bonds. The minimum atomic E-state index is 0.954. The topological polar surface area (TPSA) is 42.7 Å². The molecule has 0 fully saturated rings. The Morgan fingerprint density at radius 3 is 3.10 bits per heavy atom. The lowest BCUT2D eigenvalue weighted by Gasteiger charge is -2.03. The third-order valence-corrected chi connectivity index (χ3v) is 4.52. The summed E-state index contributed by atoms with van der Waals surface area (Å²) in [6.45, 7) is 1.98. The highest BCUT2D eigenvalue weighted by molar-refractivity contribution is 9.10. The van der Waals surface area contributed by atoms with E-state index in [2.05, 4.69) is 54.0 Å². The number of aryl methyl sites for hydroxylation is 1. The van der Waals surface area contributed by atoms with E-state index in [1.807, 2.05) is 18.7 Å². The molecular weight excluding hydrogens is 336 g/mol. The summed E-state index contributed by atoms with van der Waals surface area (Å²) < 4.78 is 4.39. The summed E-state index contributed by atoms with van der Waals surface area (Å²) in [6.07, 6.45) is 7.94. The Balaban J connectivity index is 1.47. The van der Waals surface area contributed by atoms with Gasteiger partial charge in [0, 0.05) is 30.0 Å². The molecule has 0 aliphatic carbocycles. The molecule has 0 saturated carbocycles. The highest BCUT2D eigenvalue weighted by Gasteiger charge is 2.03. The van der Waals surface area contributed by atoms with Crippen molar-refractivity contribution in [3.8, 4) is 0 Å². The Morgan fingerprint density at radius 1 is 1.30 bits per heavy atom. The van der Waals surface area contributed by atoms with Gasteiger partial charge in [0.05, 0.1) is 16.5 Å². The second kappa shape index (κ2) is 6.37. The number of aromatic nitrogens is 3. The van der Waals surface area contributed by atoms with Crippen LogP contribution in [0.5, 0.6) is 0 Å². The first-order valence-corrected chi connectivity index (χ1v) is 8.18. The zero-order valence-electron chi connectivity index (χ0n) is 10.9. The summed E-state index contributed by atoms with van der Waals surface area (Å²) in [6, 6.07) is 6.20. The quantitative estimate of drug-likeness (QED) is 0.679. The molecule has 0 aliphatic heterocycles. The van der Waals surface area contributed by atoms with Gasteiger partial charge in [0.2, 0.25) is 0 Å². The molecule has 0 radical (unpaired) electrons. The average molecular weight is 351 g/mol. The van der Waals surface area contributed by atoms with Gasteiger partial charge in [-0.15, -0.1) is 0 Å². The van der Waals surface area contributed by atoms with Gasteiger partial charge in [0.25, 0.3) is 0 Å². The molecule has 2 aromatic heterocycles. The van der Waals surface area contributed by atoms with E-state index < -0.39 is 0 Å². The number of rotatable bonds is 6. The molecule has 104 valence electrons. The standard InChI is InChI=1S/C14H15BrN4S/c15-11-3-4-13-12(9-11)18-14(20-13)17-5-1-2-7-19-8-6-16-10-19/h3-4,6,8-10H,1-2,5,7H2,(H,17,18). The molecule has 0 unspecified atom stereocenters. The van der Waals surface area contributed by atoms with Gasteiger partial charge in [-0.05, 0) is 31.0 Å². The summed E-state index contributed by atoms with van der Waals surface area (Å²) >= 11 is 5.17. The Bertz CT molecular complexity index is 678. The van der Waals surface area contributed by atoms with Crippen LogP contribution in [0.2, 0.25) is 0 Å². The van der Waals surface area contributed by atoms with E-state index >= 15 is 0 Å². The maximum absolute atomic E-state index is 4.58. The lowest BCUT2D eigenvalue weighted by Crippen LogP contribution is -2.03. The normalized spacial score (nSPS) is 11.1. The molecule has 6 heteroatoms. The summed E-state index contributed by atoms with van der Waals surface area (Å²) in [5.74, 6) is 0. The highest BCUT2D eigenvalue weighted by Crippen LogP contribution is 2.28. The molecule has 0 saturated heterocycles. The second-order valence-electron chi connectivity index (χ2n) is 4.57. The number of imidazole rings is 1. The summed E-state index contributed by atoms with van der Waals surface area (Å²) in [7, 11) is 0. The van der Waals surface area contributed by atoms with Crippen molar-refractivity contribution in [2.24, 2.45) is 0 Å². The van der Waals surface area contributed by atoms with Crippen molar-refractivity contribution in [2.75, 3.05) is 11.9 Å². The first-order valence-electron chi connectivity index (χ1n) is 6.57. The van der Waals surface area contributed by atoms with Crippen LogP contribution in [0.4, 0.5) is 5.13 Å². The van der Waals surface area contributed by atoms with Gasteiger partial charge in [-0.3, -0.25) is 0 Å². The number of nitrogens with zero attached hydrogens (tertiary/aromatic N) is 3. The predicted molar refractivity (Wildman–Crippen MR) is 87.3 cm³/mol. The molecule has 0 spiro atoms. The van der Waals surface area contributed by atoms with E-state index in [9.17, 15) is 0 Å². The van der Waals surface area contributed by atoms with Crippen LogP contribution in [0.1, 0.15) is 12.8 Å². The van der Waals surface area contributed by atoms with Gasteiger partial charge in [0.1, 0.15) is 0 Å². The zero-order chi connectivity index (χ0) is 13.8. The molecule has 4 nitrogen and oxygen atoms in total.